The molecule has 0 unspecified atom stereocenters. The lowest BCUT2D eigenvalue weighted by atomic mass is 10.6. The van der Waals surface area contributed by atoms with E-state index in [0.717, 1.165) is 0 Å². The summed E-state index contributed by atoms with van der Waals surface area (Å²) in [6.45, 7) is 3.35. The lowest BCUT2D eigenvalue weighted by molar-refractivity contribution is 1.27. The number of nitrogens with zero attached hydrogens (tertiary/aromatic N) is 1. The van der Waals surface area contributed by atoms with Crippen molar-refractivity contribution in [3.05, 3.63) is 23.1 Å². The standard InChI is InChI=1S/C5H8BrN3/c1-4(8)9-3-5(6)2-7/h2-3H,1,7-8H2/b5-2+,9-3-. The van der Waals surface area contributed by atoms with Gasteiger partial charge in [-0.15, -0.1) is 0 Å². The molecule has 4 N–H and O–H groups in total. The molecule has 50 valence electrons. The van der Waals surface area contributed by atoms with Gasteiger partial charge in [0.1, 0.15) is 5.82 Å². The molecule has 0 aliphatic carbocycles. The normalized spacial score (nSPS) is 12.3. The first-order valence-electron chi connectivity index (χ1n) is 2.22. The molecule has 0 atom stereocenters. The molecule has 0 aliphatic heterocycles. The summed E-state index contributed by atoms with van der Waals surface area (Å²) in [5.74, 6) is 0.258. The fraction of sp³-hybridized carbons (Fsp3) is 0. The molecular weight excluding hydrogens is 182 g/mol. The molecule has 0 aromatic rings. The predicted octanol–water partition coefficient (Wildman–Crippen LogP) is 0.682. The van der Waals surface area contributed by atoms with E-state index >= 15 is 0 Å². The van der Waals surface area contributed by atoms with Crippen LogP contribution in [-0.2, 0) is 0 Å². The van der Waals surface area contributed by atoms with Gasteiger partial charge in [0.2, 0.25) is 0 Å². The summed E-state index contributed by atoms with van der Waals surface area (Å²) in [7, 11) is 0. The average molecular weight is 190 g/mol. The summed E-state index contributed by atoms with van der Waals surface area (Å²) in [4.78, 5) is 3.66. The fourth-order valence-corrected chi connectivity index (χ4v) is 0.290. The second-order valence-electron chi connectivity index (χ2n) is 1.30. The van der Waals surface area contributed by atoms with E-state index in [2.05, 4.69) is 27.5 Å². The molecule has 0 heterocycles. The number of nitrogens with two attached hydrogens (primary N) is 2. The zero-order valence-corrected chi connectivity index (χ0v) is 6.43. The zero-order valence-electron chi connectivity index (χ0n) is 4.84. The minimum atomic E-state index is 0.258. The SMILES string of the molecule is C=C(N)/N=C\C(Br)=C/N. The van der Waals surface area contributed by atoms with Crippen molar-refractivity contribution in [3.63, 3.8) is 0 Å². The number of rotatable bonds is 2. The van der Waals surface area contributed by atoms with Crippen molar-refractivity contribution in [1.29, 1.82) is 0 Å². The summed E-state index contributed by atoms with van der Waals surface area (Å²) in [5.41, 5.74) is 10.2. The van der Waals surface area contributed by atoms with Gasteiger partial charge in [0.05, 0.1) is 4.48 Å². The van der Waals surface area contributed by atoms with Crippen LogP contribution in [-0.4, -0.2) is 6.21 Å². The number of aliphatic imine (C=N–C) groups is 1. The Labute approximate surface area is 62.3 Å². The molecule has 0 rings (SSSR count). The molecule has 0 aromatic heterocycles. The summed E-state index contributed by atoms with van der Waals surface area (Å²) >= 11 is 3.10. The van der Waals surface area contributed by atoms with E-state index in [1.54, 1.807) is 0 Å². The lowest BCUT2D eigenvalue weighted by Gasteiger charge is -1.85. The molecular formula is C5H8BrN3. The van der Waals surface area contributed by atoms with Gasteiger partial charge in [-0.05, 0) is 15.9 Å². The molecule has 0 aliphatic rings. The van der Waals surface area contributed by atoms with Gasteiger partial charge in [-0.3, -0.25) is 0 Å². The van der Waals surface area contributed by atoms with Crippen molar-refractivity contribution in [2.45, 2.75) is 0 Å². The van der Waals surface area contributed by atoms with Crippen LogP contribution in [0.2, 0.25) is 0 Å². The first-order valence-corrected chi connectivity index (χ1v) is 3.02. The molecule has 4 heteroatoms. The van der Waals surface area contributed by atoms with E-state index in [0.29, 0.717) is 4.48 Å². The maximum absolute atomic E-state index is 5.11. The van der Waals surface area contributed by atoms with Gasteiger partial charge in [0.25, 0.3) is 0 Å². The topological polar surface area (TPSA) is 64.4 Å². The molecule has 0 amide bonds. The minimum absolute atomic E-state index is 0.258. The number of halogens is 1. The average Bonchev–Trinajstić information content (AvgIpc) is 1.83. The predicted molar refractivity (Wildman–Crippen MR) is 43.0 cm³/mol. The van der Waals surface area contributed by atoms with Crippen LogP contribution >= 0.6 is 15.9 Å². The van der Waals surface area contributed by atoms with Crippen molar-refractivity contribution < 1.29 is 0 Å². The Hall–Kier alpha value is -0.770. The van der Waals surface area contributed by atoms with Gasteiger partial charge in [-0.1, -0.05) is 6.58 Å². The molecule has 0 fully saturated rings. The van der Waals surface area contributed by atoms with Crippen LogP contribution in [0.3, 0.4) is 0 Å². The molecule has 3 nitrogen and oxygen atoms in total. The van der Waals surface area contributed by atoms with Crippen molar-refractivity contribution in [2.24, 2.45) is 16.5 Å². The van der Waals surface area contributed by atoms with Gasteiger partial charge in [0, 0.05) is 12.4 Å². The number of hydrogen-bond acceptors (Lipinski definition) is 3. The second kappa shape index (κ2) is 4.14. The van der Waals surface area contributed by atoms with Crippen molar-refractivity contribution in [1.82, 2.24) is 0 Å². The molecule has 0 bridgehead atoms. The van der Waals surface area contributed by atoms with Gasteiger partial charge in [-0.2, -0.15) is 0 Å². The third-order valence-electron chi connectivity index (χ3n) is 0.513. The minimum Gasteiger partial charge on any atom is -0.404 e. The van der Waals surface area contributed by atoms with Crippen molar-refractivity contribution in [2.75, 3.05) is 0 Å². The summed E-state index contributed by atoms with van der Waals surface area (Å²) < 4.78 is 0.675. The summed E-state index contributed by atoms with van der Waals surface area (Å²) in [6.07, 6.45) is 2.84. The molecule has 0 aromatic carbocycles. The maximum atomic E-state index is 5.11. The van der Waals surface area contributed by atoms with E-state index in [9.17, 15) is 0 Å². The molecule has 9 heavy (non-hydrogen) atoms. The smallest absolute Gasteiger partial charge is 0.116 e. The van der Waals surface area contributed by atoms with Gasteiger partial charge >= 0.3 is 0 Å². The Morgan fingerprint density at radius 2 is 2.22 bits per heavy atom. The first kappa shape index (κ1) is 8.23. The Morgan fingerprint density at radius 3 is 2.56 bits per heavy atom. The van der Waals surface area contributed by atoms with E-state index in [-0.39, 0.29) is 5.82 Å². The highest BCUT2D eigenvalue weighted by Crippen LogP contribution is 1.97. The Morgan fingerprint density at radius 1 is 1.67 bits per heavy atom. The van der Waals surface area contributed by atoms with Crippen LogP contribution in [0.15, 0.2) is 28.1 Å². The van der Waals surface area contributed by atoms with E-state index in [1.807, 2.05) is 0 Å². The maximum Gasteiger partial charge on any atom is 0.116 e. The number of allylic oxidation sites excluding steroid dienone is 1. The summed E-state index contributed by atoms with van der Waals surface area (Å²) in [5, 5.41) is 0. The largest absolute Gasteiger partial charge is 0.404 e. The highest BCUT2D eigenvalue weighted by molar-refractivity contribution is 9.12. The van der Waals surface area contributed by atoms with Crippen LogP contribution in [0.4, 0.5) is 0 Å². The zero-order chi connectivity index (χ0) is 7.28. The molecule has 0 saturated carbocycles. The van der Waals surface area contributed by atoms with Crippen LogP contribution in [0, 0.1) is 0 Å². The Bertz CT molecular complexity index is 160. The van der Waals surface area contributed by atoms with Gasteiger partial charge in [0.15, 0.2) is 0 Å². The third-order valence-corrected chi connectivity index (χ3v) is 0.982. The molecule has 0 saturated heterocycles. The van der Waals surface area contributed by atoms with Crippen molar-refractivity contribution >= 4 is 22.1 Å². The fourth-order valence-electron chi connectivity index (χ4n) is 0.188. The van der Waals surface area contributed by atoms with Crippen LogP contribution in [0.5, 0.6) is 0 Å². The highest BCUT2D eigenvalue weighted by Gasteiger charge is 1.79. The Kier molecular flexibility index (Phi) is 3.79. The lowest BCUT2D eigenvalue weighted by Crippen LogP contribution is -1.91. The second-order valence-corrected chi connectivity index (χ2v) is 2.22. The van der Waals surface area contributed by atoms with Crippen LogP contribution < -0.4 is 11.5 Å². The Balaban J connectivity index is 3.86. The summed E-state index contributed by atoms with van der Waals surface area (Å²) in [6, 6.07) is 0. The highest BCUT2D eigenvalue weighted by atomic mass is 79.9. The van der Waals surface area contributed by atoms with Crippen LogP contribution in [0.25, 0.3) is 0 Å². The quantitative estimate of drug-likeness (QED) is 0.629. The monoisotopic (exact) mass is 189 g/mol. The molecule has 0 radical (unpaired) electrons. The molecule has 0 spiro atoms. The van der Waals surface area contributed by atoms with E-state index in [4.69, 9.17) is 11.5 Å². The third kappa shape index (κ3) is 5.10. The van der Waals surface area contributed by atoms with E-state index < -0.39 is 0 Å². The van der Waals surface area contributed by atoms with Gasteiger partial charge < -0.3 is 11.5 Å². The van der Waals surface area contributed by atoms with Crippen molar-refractivity contribution in [3.8, 4) is 0 Å². The number of hydrogen-bond donors (Lipinski definition) is 2. The first-order chi connectivity index (χ1) is 4.16. The van der Waals surface area contributed by atoms with Crippen LogP contribution in [0.1, 0.15) is 0 Å². The van der Waals surface area contributed by atoms with Gasteiger partial charge in [-0.25, -0.2) is 4.99 Å². The van der Waals surface area contributed by atoms with E-state index in [1.165, 1.54) is 12.4 Å².